The van der Waals surface area contributed by atoms with Gasteiger partial charge in [-0.2, -0.15) is 8.78 Å². The van der Waals surface area contributed by atoms with E-state index in [0.29, 0.717) is 11.2 Å². The van der Waals surface area contributed by atoms with Gasteiger partial charge < -0.3 is 4.74 Å². The minimum atomic E-state index is -3.87. The monoisotopic (exact) mass is 485 g/mol. The molecular formula is C24H21F2N3O4S. The van der Waals surface area contributed by atoms with Crippen LogP contribution in [-0.2, 0) is 14.8 Å². The van der Waals surface area contributed by atoms with Gasteiger partial charge in [0.2, 0.25) is 0 Å². The Bertz CT molecular complexity index is 1450. The summed E-state index contributed by atoms with van der Waals surface area (Å²) in [4.78, 5) is 16.8. The summed E-state index contributed by atoms with van der Waals surface area (Å²) < 4.78 is 61.3. The maximum Gasteiger partial charge on any atom is 0.338 e. The van der Waals surface area contributed by atoms with Gasteiger partial charge in [-0.05, 0) is 61.9 Å². The fourth-order valence-corrected chi connectivity index (χ4v) is 4.63. The summed E-state index contributed by atoms with van der Waals surface area (Å²) in [7, 11) is -3.87. The molecule has 10 heteroatoms. The van der Waals surface area contributed by atoms with Crippen LogP contribution in [0.25, 0.3) is 11.0 Å². The Balaban J connectivity index is 1.52. The molecule has 0 saturated carbocycles. The number of hydrogen-bond acceptors (Lipinski definition) is 5. The summed E-state index contributed by atoms with van der Waals surface area (Å²) in [6.07, 6.45) is -1.07. The fraction of sp³-hybridized carbons (Fsp3) is 0.167. The molecule has 0 fully saturated rings. The van der Waals surface area contributed by atoms with Crippen molar-refractivity contribution in [2.75, 3.05) is 4.72 Å². The van der Waals surface area contributed by atoms with Gasteiger partial charge in [-0.15, -0.1) is 0 Å². The Labute approximate surface area is 195 Å². The van der Waals surface area contributed by atoms with Crippen LogP contribution >= 0.6 is 0 Å². The third kappa shape index (κ3) is 4.62. The summed E-state index contributed by atoms with van der Waals surface area (Å²) in [5.41, 5.74) is 1.86. The topological polar surface area (TPSA) is 90.3 Å². The third-order valence-corrected chi connectivity index (χ3v) is 6.64. The van der Waals surface area contributed by atoms with Gasteiger partial charge in [-0.3, -0.25) is 9.29 Å². The number of carbonyl (C=O) groups is 1. The van der Waals surface area contributed by atoms with Crippen LogP contribution in [-0.4, -0.2) is 23.9 Å². The molecule has 0 saturated heterocycles. The van der Waals surface area contributed by atoms with Gasteiger partial charge in [0.05, 0.1) is 27.2 Å². The number of rotatable bonds is 7. The molecule has 1 aromatic heterocycles. The van der Waals surface area contributed by atoms with Gasteiger partial charge >= 0.3 is 12.5 Å². The van der Waals surface area contributed by atoms with Crippen LogP contribution in [0.1, 0.15) is 41.3 Å². The van der Waals surface area contributed by atoms with Gasteiger partial charge in [0, 0.05) is 0 Å². The molecule has 0 aliphatic heterocycles. The zero-order chi connectivity index (χ0) is 24.5. The lowest BCUT2D eigenvalue weighted by Crippen LogP contribution is -2.16. The van der Waals surface area contributed by atoms with E-state index in [1.807, 2.05) is 0 Å². The number of ether oxygens (including phenoxy) is 1. The number of para-hydroxylation sites is 3. The zero-order valence-corrected chi connectivity index (χ0v) is 19.1. The molecule has 1 N–H and O–H groups in total. The lowest BCUT2D eigenvalue weighted by molar-refractivity contribution is 0.0233. The molecule has 1 atom stereocenters. The predicted molar refractivity (Wildman–Crippen MR) is 123 cm³/mol. The summed E-state index contributed by atoms with van der Waals surface area (Å²) >= 11 is 0. The fourth-order valence-electron chi connectivity index (χ4n) is 3.50. The highest BCUT2D eigenvalue weighted by Crippen LogP contribution is 2.29. The molecule has 7 nitrogen and oxygen atoms in total. The highest BCUT2D eigenvalue weighted by molar-refractivity contribution is 7.92. The standard InChI is InChI=1S/C24H21F2N3O4S/c1-15-7-3-4-8-19(15)28-34(31,32)18-13-11-17(12-14-18)23(30)33-16(2)22-27-20-9-5-6-10-21(20)29(22)24(25)26/h3-14,16,24,28H,1-2H3. The first kappa shape index (κ1) is 23.4. The Kier molecular flexibility index (Phi) is 6.34. The Morgan fingerprint density at radius 3 is 2.32 bits per heavy atom. The molecule has 1 heterocycles. The molecule has 0 aliphatic carbocycles. The molecule has 34 heavy (non-hydrogen) atoms. The number of nitrogens with one attached hydrogen (secondary N) is 1. The number of esters is 1. The number of halogens is 2. The van der Waals surface area contributed by atoms with Crippen molar-refractivity contribution in [2.45, 2.75) is 31.4 Å². The van der Waals surface area contributed by atoms with Crippen LogP contribution in [0.5, 0.6) is 0 Å². The quantitative estimate of drug-likeness (QED) is 0.351. The van der Waals surface area contributed by atoms with E-state index in [2.05, 4.69) is 9.71 Å². The highest BCUT2D eigenvalue weighted by atomic mass is 32.2. The maximum atomic E-state index is 13.7. The van der Waals surface area contributed by atoms with Gasteiger partial charge in [0.15, 0.2) is 11.9 Å². The SMILES string of the molecule is Cc1ccccc1NS(=O)(=O)c1ccc(C(=O)OC(C)c2nc3ccccc3n2C(F)F)cc1. The molecule has 1 unspecified atom stereocenters. The first-order valence-corrected chi connectivity index (χ1v) is 11.8. The van der Waals surface area contributed by atoms with E-state index in [9.17, 15) is 22.0 Å². The van der Waals surface area contributed by atoms with Gasteiger partial charge in [0.25, 0.3) is 10.0 Å². The average molecular weight is 486 g/mol. The number of nitrogens with zero attached hydrogens (tertiary/aromatic N) is 2. The van der Waals surface area contributed by atoms with Gasteiger partial charge in [-0.1, -0.05) is 30.3 Å². The molecule has 176 valence electrons. The van der Waals surface area contributed by atoms with Crippen LogP contribution in [0.15, 0.2) is 77.7 Å². The Hall–Kier alpha value is -3.79. The van der Waals surface area contributed by atoms with Crippen LogP contribution in [0.3, 0.4) is 0 Å². The lowest BCUT2D eigenvalue weighted by Gasteiger charge is -2.15. The minimum absolute atomic E-state index is 0.0418. The molecule has 4 rings (SSSR count). The van der Waals surface area contributed by atoms with E-state index in [1.54, 1.807) is 49.4 Å². The van der Waals surface area contributed by atoms with Crippen molar-refractivity contribution in [1.82, 2.24) is 9.55 Å². The Morgan fingerprint density at radius 2 is 1.65 bits per heavy atom. The van der Waals surface area contributed by atoms with Gasteiger partial charge in [-0.25, -0.2) is 18.2 Å². The molecule has 0 bridgehead atoms. The number of alkyl halides is 2. The first-order valence-electron chi connectivity index (χ1n) is 10.3. The van der Waals surface area contributed by atoms with Crippen LogP contribution in [0.2, 0.25) is 0 Å². The van der Waals surface area contributed by atoms with Crippen molar-refractivity contribution in [1.29, 1.82) is 0 Å². The molecule has 4 aromatic rings. The first-order chi connectivity index (χ1) is 16.2. The summed E-state index contributed by atoms with van der Waals surface area (Å²) in [5.74, 6) is -0.887. The van der Waals surface area contributed by atoms with Crippen molar-refractivity contribution >= 4 is 32.7 Å². The minimum Gasteiger partial charge on any atom is -0.451 e. The van der Waals surface area contributed by atoms with Crippen molar-refractivity contribution < 1.29 is 26.7 Å². The number of fused-ring (bicyclic) bond motifs is 1. The molecule has 0 radical (unpaired) electrons. The predicted octanol–water partition coefficient (Wildman–Crippen LogP) is 5.46. The van der Waals surface area contributed by atoms with E-state index in [-0.39, 0.29) is 21.8 Å². The smallest absolute Gasteiger partial charge is 0.338 e. The average Bonchev–Trinajstić information content (AvgIpc) is 3.21. The molecule has 0 amide bonds. The van der Waals surface area contributed by atoms with E-state index in [1.165, 1.54) is 37.3 Å². The molecule has 0 aliphatic rings. The summed E-state index contributed by atoms with van der Waals surface area (Å²) in [6.45, 7) is 0.359. The second kappa shape index (κ2) is 9.22. The van der Waals surface area contributed by atoms with E-state index in [4.69, 9.17) is 4.74 Å². The number of hydrogen-bond donors (Lipinski definition) is 1. The number of aromatic nitrogens is 2. The number of anilines is 1. The van der Waals surface area contributed by atoms with Crippen LogP contribution < -0.4 is 4.72 Å². The number of imidazole rings is 1. The number of aryl methyl sites for hydroxylation is 1. The van der Waals surface area contributed by atoms with Gasteiger partial charge in [0.1, 0.15) is 0 Å². The number of carbonyl (C=O) groups excluding carboxylic acids is 1. The highest BCUT2D eigenvalue weighted by Gasteiger charge is 2.25. The lowest BCUT2D eigenvalue weighted by atomic mass is 10.2. The summed E-state index contributed by atoms with van der Waals surface area (Å²) in [6, 6.07) is 18.5. The van der Waals surface area contributed by atoms with Crippen molar-refractivity contribution in [2.24, 2.45) is 0 Å². The van der Waals surface area contributed by atoms with E-state index < -0.39 is 28.6 Å². The molecule has 3 aromatic carbocycles. The molecular weight excluding hydrogens is 464 g/mol. The molecule has 0 spiro atoms. The van der Waals surface area contributed by atoms with Crippen LogP contribution in [0, 0.1) is 6.92 Å². The number of benzene rings is 3. The van der Waals surface area contributed by atoms with Crippen LogP contribution in [0.4, 0.5) is 14.5 Å². The Morgan fingerprint density at radius 1 is 1.00 bits per heavy atom. The second-order valence-electron chi connectivity index (χ2n) is 7.60. The zero-order valence-electron chi connectivity index (χ0n) is 18.3. The summed E-state index contributed by atoms with van der Waals surface area (Å²) in [5, 5.41) is 0. The van der Waals surface area contributed by atoms with E-state index >= 15 is 0 Å². The maximum absolute atomic E-state index is 13.7. The normalized spacial score (nSPS) is 12.6. The van der Waals surface area contributed by atoms with Crippen molar-refractivity contribution in [3.63, 3.8) is 0 Å². The largest absolute Gasteiger partial charge is 0.451 e. The van der Waals surface area contributed by atoms with Crippen molar-refractivity contribution in [3.8, 4) is 0 Å². The van der Waals surface area contributed by atoms with E-state index in [0.717, 1.165) is 10.1 Å². The third-order valence-electron chi connectivity index (χ3n) is 5.26. The number of sulfonamides is 1. The second-order valence-corrected chi connectivity index (χ2v) is 9.28. The van der Waals surface area contributed by atoms with Crippen molar-refractivity contribution in [3.05, 3.63) is 89.7 Å².